The Bertz CT molecular complexity index is 484. The standard InChI is InChI=1S/C13H15FN2O2/c1-8-2-5-10(6-11(8)14)16-12(17)7-15-13(18)9-3-4-9/h2,5-6,9H,3-4,7H2,1H3,(H,15,18)(H,16,17). The second kappa shape index (κ2) is 5.16. The predicted octanol–water partition coefficient (Wildman–Crippen LogP) is 1.60. The Morgan fingerprint density at radius 1 is 1.39 bits per heavy atom. The van der Waals surface area contributed by atoms with Gasteiger partial charge in [0.2, 0.25) is 11.8 Å². The number of hydrogen-bond acceptors (Lipinski definition) is 2. The van der Waals surface area contributed by atoms with Crippen molar-refractivity contribution in [3.05, 3.63) is 29.6 Å². The molecule has 96 valence electrons. The minimum Gasteiger partial charge on any atom is -0.347 e. The van der Waals surface area contributed by atoms with E-state index in [1.54, 1.807) is 19.1 Å². The van der Waals surface area contributed by atoms with Crippen LogP contribution in [0.2, 0.25) is 0 Å². The number of carbonyl (C=O) groups is 2. The zero-order chi connectivity index (χ0) is 13.1. The molecule has 18 heavy (non-hydrogen) atoms. The minimum absolute atomic E-state index is 0.0784. The molecular formula is C13H15FN2O2. The number of benzene rings is 1. The van der Waals surface area contributed by atoms with Crippen molar-refractivity contribution >= 4 is 17.5 Å². The highest BCUT2D eigenvalue weighted by Crippen LogP contribution is 2.28. The van der Waals surface area contributed by atoms with Crippen molar-refractivity contribution in [2.24, 2.45) is 5.92 Å². The van der Waals surface area contributed by atoms with Gasteiger partial charge in [-0.15, -0.1) is 0 Å². The van der Waals surface area contributed by atoms with E-state index in [0.29, 0.717) is 11.3 Å². The van der Waals surface area contributed by atoms with Crippen LogP contribution < -0.4 is 10.6 Å². The maximum atomic E-state index is 13.2. The fourth-order valence-corrected chi connectivity index (χ4v) is 1.53. The third-order valence-electron chi connectivity index (χ3n) is 2.83. The van der Waals surface area contributed by atoms with Crippen molar-refractivity contribution in [1.82, 2.24) is 5.32 Å². The van der Waals surface area contributed by atoms with E-state index in [2.05, 4.69) is 10.6 Å². The quantitative estimate of drug-likeness (QED) is 0.852. The molecule has 0 spiro atoms. The van der Waals surface area contributed by atoms with Gasteiger partial charge in [0.1, 0.15) is 5.82 Å². The second-order valence-electron chi connectivity index (χ2n) is 4.50. The average Bonchev–Trinajstić information content (AvgIpc) is 3.15. The lowest BCUT2D eigenvalue weighted by molar-refractivity contribution is -0.125. The minimum atomic E-state index is -0.366. The average molecular weight is 250 g/mol. The highest BCUT2D eigenvalue weighted by molar-refractivity contribution is 5.95. The Kier molecular flexibility index (Phi) is 3.60. The molecule has 1 aliphatic carbocycles. The van der Waals surface area contributed by atoms with Crippen LogP contribution in [0.25, 0.3) is 0 Å². The number of hydrogen-bond donors (Lipinski definition) is 2. The van der Waals surface area contributed by atoms with Crippen molar-refractivity contribution in [3.8, 4) is 0 Å². The summed E-state index contributed by atoms with van der Waals surface area (Å²) in [6.07, 6.45) is 1.80. The Morgan fingerprint density at radius 2 is 2.11 bits per heavy atom. The largest absolute Gasteiger partial charge is 0.347 e. The third-order valence-corrected chi connectivity index (χ3v) is 2.83. The van der Waals surface area contributed by atoms with Gasteiger partial charge < -0.3 is 10.6 Å². The number of amides is 2. The topological polar surface area (TPSA) is 58.2 Å². The molecule has 1 aliphatic rings. The first-order valence-corrected chi connectivity index (χ1v) is 5.90. The molecule has 4 nitrogen and oxygen atoms in total. The summed E-state index contributed by atoms with van der Waals surface area (Å²) in [5, 5.41) is 5.08. The van der Waals surface area contributed by atoms with Gasteiger partial charge in [0, 0.05) is 11.6 Å². The summed E-state index contributed by atoms with van der Waals surface area (Å²) >= 11 is 0. The zero-order valence-corrected chi connectivity index (χ0v) is 10.1. The Morgan fingerprint density at radius 3 is 2.72 bits per heavy atom. The number of aryl methyl sites for hydroxylation is 1. The molecule has 0 saturated heterocycles. The van der Waals surface area contributed by atoms with Gasteiger partial charge in [0.15, 0.2) is 0 Å². The molecule has 2 rings (SSSR count). The highest BCUT2D eigenvalue weighted by Gasteiger charge is 2.29. The van der Waals surface area contributed by atoms with Gasteiger partial charge in [-0.25, -0.2) is 4.39 Å². The van der Waals surface area contributed by atoms with Crippen LogP contribution in [-0.4, -0.2) is 18.4 Å². The number of halogens is 1. The summed E-state index contributed by atoms with van der Waals surface area (Å²) in [7, 11) is 0. The van der Waals surface area contributed by atoms with Gasteiger partial charge in [0.05, 0.1) is 6.54 Å². The van der Waals surface area contributed by atoms with Gasteiger partial charge >= 0.3 is 0 Å². The summed E-state index contributed by atoms with van der Waals surface area (Å²) in [6.45, 7) is 1.57. The van der Waals surface area contributed by atoms with Gasteiger partial charge in [0.25, 0.3) is 0 Å². The number of rotatable bonds is 4. The first-order valence-electron chi connectivity index (χ1n) is 5.90. The number of anilines is 1. The van der Waals surface area contributed by atoms with E-state index in [-0.39, 0.29) is 30.1 Å². The third kappa shape index (κ3) is 3.29. The van der Waals surface area contributed by atoms with Crippen molar-refractivity contribution in [1.29, 1.82) is 0 Å². The van der Waals surface area contributed by atoms with Crippen molar-refractivity contribution < 1.29 is 14.0 Å². The first kappa shape index (κ1) is 12.5. The maximum Gasteiger partial charge on any atom is 0.243 e. The second-order valence-corrected chi connectivity index (χ2v) is 4.50. The lowest BCUT2D eigenvalue weighted by Gasteiger charge is -2.07. The van der Waals surface area contributed by atoms with Crippen LogP contribution in [0.1, 0.15) is 18.4 Å². The number of nitrogens with one attached hydrogen (secondary N) is 2. The van der Waals surface area contributed by atoms with Gasteiger partial charge in [-0.1, -0.05) is 6.07 Å². The molecule has 0 radical (unpaired) electrons. The molecule has 2 amide bonds. The first-order chi connectivity index (χ1) is 8.56. The van der Waals surface area contributed by atoms with Crippen molar-refractivity contribution in [2.75, 3.05) is 11.9 Å². The van der Waals surface area contributed by atoms with Crippen LogP contribution in [0, 0.1) is 18.7 Å². The monoisotopic (exact) mass is 250 g/mol. The normalized spacial score (nSPS) is 14.1. The van der Waals surface area contributed by atoms with E-state index >= 15 is 0 Å². The summed E-state index contributed by atoms with van der Waals surface area (Å²) in [6, 6.07) is 4.47. The summed E-state index contributed by atoms with van der Waals surface area (Å²) < 4.78 is 13.2. The SMILES string of the molecule is Cc1ccc(NC(=O)CNC(=O)C2CC2)cc1F. The Labute approximate surface area is 105 Å². The maximum absolute atomic E-state index is 13.2. The van der Waals surface area contributed by atoms with Gasteiger partial charge in [-0.2, -0.15) is 0 Å². The lowest BCUT2D eigenvalue weighted by Crippen LogP contribution is -2.33. The summed E-state index contributed by atoms with van der Waals surface area (Å²) in [4.78, 5) is 22.8. The predicted molar refractivity (Wildman–Crippen MR) is 65.5 cm³/mol. The van der Waals surface area contributed by atoms with Crippen LogP contribution in [0.15, 0.2) is 18.2 Å². The van der Waals surface area contributed by atoms with E-state index in [1.165, 1.54) is 6.07 Å². The molecule has 0 aromatic heterocycles. The van der Waals surface area contributed by atoms with Crippen LogP contribution >= 0.6 is 0 Å². The molecule has 1 aromatic rings. The number of carbonyl (C=O) groups excluding carboxylic acids is 2. The van der Waals surface area contributed by atoms with Crippen LogP contribution in [0.3, 0.4) is 0 Å². The smallest absolute Gasteiger partial charge is 0.243 e. The molecule has 5 heteroatoms. The van der Waals surface area contributed by atoms with E-state index < -0.39 is 0 Å². The molecule has 0 bridgehead atoms. The van der Waals surface area contributed by atoms with E-state index in [0.717, 1.165) is 12.8 Å². The molecule has 1 aromatic carbocycles. The Hall–Kier alpha value is -1.91. The molecule has 1 saturated carbocycles. The van der Waals surface area contributed by atoms with E-state index in [4.69, 9.17) is 0 Å². The summed E-state index contributed by atoms with van der Waals surface area (Å²) in [5.41, 5.74) is 0.916. The molecule has 2 N–H and O–H groups in total. The Balaban J connectivity index is 1.82. The molecule has 0 atom stereocenters. The lowest BCUT2D eigenvalue weighted by atomic mass is 10.2. The van der Waals surface area contributed by atoms with Crippen molar-refractivity contribution in [2.45, 2.75) is 19.8 Å². The fourth-order valence-electron chi connectivity index (χ4n) is 1.53. The fraction of sp³-hybridized carbons (Fsp3) is 0.385. The molecule has 1 fully saturated rings. The highest BCUT2D eigenvalue weighted by atomic mass is 19.1. The van der Waals surface area contributed by atoms with Crippen LogP contribution in [-0.2, 0) is 9.59 Å². The van der Waals surface area contributed by atoms with Crippen LogP contribution in [0.5, 0.6) is 0 Å². The van der Waals surface area contributed by atoms with E-state index in [1.807, 2.05) is 0 Å². The van der Waals surface area contributed by atoms with Gasteiger partial charge in [-0.05, 0) is 37.5 Å². The molecular weight excluding hydrogens is 235 g/mol. The molecule has 0 unspecified atom stereocenters. The van der Waals surface area contributed by atoms with Crippen molar-refractivity contribution in [3.63, 3.8) is 0 Å². The molecule has 0 heterocycles. The summed E-state index contributed by atoms with van der Waals surface area (Å²) in [5.74, 6) is -0.725. The van der Waals surface area contributed by atoms with E-state index in [9.17, 15) is 14.0 Å². The van der Waals surface area contributed by atoms with Crippen LogP contribution in [0.4, 0.5) is 10.1 Å². The zero-order valence-electron chi connectivity index (χ0n) is 10.1. The van der Waals surface area contributed by atoms with Gasteiger partial charge in [-0.3, -0.25) is 9.59 Å². The molecule has 0 aliphatic heterocycles.